The van der Waals surface area contributed by atoms with E-state index in [2.05, 4.69) is 21.2 Å². The van der Waals surface area contributed by atoms with Crippen molar-refractivity contribution in [3.05, 3.63) is 57.0 Å². The monoisotopic (exact) mass is 353 g/mol. The van der Waals surface area contributed by atoms with Crippen molar-refractivity contribution in [1.82, 2.24) is 0 Å². The molecule has 1 amide bonds. The van der Waals surface area contributed by atoms with Crippen molar-refractivity contribution in [1.29, 1.82) is 0 Å². The van der Waals surface area contributed by atoms with E-state index in [-0.39, 0.29) is 5.91 Å². The molecule has 20 heavy (non-hydrogen) atoms. The molecule has 2 aromatic carbocycles. The van der Waals surface area contributed by atoms with Crippen LogP contribution >= 0.6 is 27.5 Å². The van der Waals surface area contributed by atoms with Crippen LogP contribution in [0.3, 0.4) is 0 Å². The van der Waals surface area contributed by atoms with Gasteiger partial charge in [0.2, 0.25) is 0 Å². The zero-order valence-electron chi connectivity index (χ0n) is 11.0. The van der Waals surface area contributed by atoms with Crippen molar-refractivity contribution < 1.29 is 9.53 Å². The van der Waals surface area contributed by atoms with Crippen LogP contribution in [-0.2, 0) is 0 Å². The van der Waals surface area contributed by atoms with Crippen molar-refractivity contribution in [3.8, 4) is 5.75 Å². The summed E-state index contributed by atoms with van der Waals surface area (Å²) < 4.78 is 6.08. The van der Waals surface area contributed by atoms with Crippen molar-refractivity contribution in [2.45, 2.75) is 6.92 Å². The maximum atomic E-state index is 12.2. The van der Waals surface area contributed by atoms with Gasteiger partial charge in [-0.05, 0) is 42.8 Å². The molecule has 3 nitrogen and oxygen atoms in total. The number of halogens is 2. The normalized spacial score (nSPS) is 10.2. The fourth-order valence-corrected chi connectivity index (χ4v) is 2.25. The Morgan fingerprint density at radius 1 is 1.25 bits per heavy atom. The number of carbonyl (C=O) groups is 1. The molecule has 0 bridgehead atoms. The molecule has 104 valence electrons. The third kappa shape index (κ3) is 3.32. The van der Waals surface area contributed by atoms with E-state index >= 15 is 0 Å². The SMILES string of the molecule is COc1ccc(Br)cc1NC(=O)c1ccc(C)c(Cl)c1. The lowest BCUT2D eigenvalue weighted by Gasteiger charge is -2.11. The number of benzene rings is 2. The van der Waals surface area contributed by atoms with Crippen molar-refractivity contribution in [3.63, 3.8) is 0 Å². The fraction of sp³-hybridized carbons (Fsp3) is 0.133. The molecule has 0 aliphatic heterocycles. The van der Waals surface area contributed by atoms with Crippen molar-refractivity contribution in [2.75, 3.05) is 12.4 Å². The van der Waals surface area contributed by atoms with E-state index < -0.39 is 0 Å². The number of rotatable bonds is 3. The first-order chi connectivity index (χ1) is 9.51. The minimum atomic E-state index is -0.233. The first-order valence-electron chi connectivity index (χ1n) is 5.92. The first-order valence-corrected chi connectivity index (χ1v) is 7.09. The molecule has 2 rings (SSSR count). The minimum absolute atomic E-state index is 0.233. The van der Waals surface area contributed by atoms with E-state index in [1.807, 2.05) is 19.1 Å². The van der Waals surface area contributed by atoms with Crippen LogP contribution in [0.4, 0.5) is 5.69 Å². The van der Waals surface area contributed by atoms with Crippen LogP contribution in [0, 0.1) is 6.92 Å². The highest BCUT2D eigenvalue weighted by Crippen LogP contribution is 2.28. The lowest BCUT2D eigenvalue weighted by Crippen LogP contribution is -2.12. The molecule has 0 spiro atoms. The average Bonchev–Trinajstić information content (AvgIpc) is 2.42. The third-order valence-electron chi connectivity index (χ3n) is 2.84. The maximum absolute atomic E-state index is 12.2. The molecule has 1 N–H and O–H groups in total. The van der Waals surface area contributed by atoms with Gasteiger partial charge in [0, 0.05) is 15.1 Å². The van der Waals surface area contributed by atoms with E-state index in [0.717, 1.165) is 10.0 Å². The van der Waals surface area contributed by atoms with Crippen LogP contribution in [0.1, 0.15) is 15.9 Å². The molecule has 0 saturated heterocycles. The second kappa shape index (κ2) is 6.29. The molecule has 0 aliphatic carbocycles. The van der Waals surface area contributed by atoms with Crippen LogP contribution in [-0.4, -0.2) is 13.0 Å². The van der Waals surface area contributed by atoms with Crippen LogP contribution < -0.4 is 10.1 Å². The van der Waals surface area contributed by atoms with Gasteiger partial charge in [-0.25, -0.2) is 0 Å². The van der Waals surface area contributed by atoms with Gasteiger partial charge in [0.1, 0.15) is 5.75 Å². The molecule has 0 unspecified atom stereocenters. The van der Waals surface area contributed by atoms with E-state index in [1.165, 1.54) is 0 Å². The molecule has 2 aromatic rings. The summed E-state index contributed by atoms with van der Waals surface area (Å²) in [5.41, 5.74) is 2.04. The van der Waals surface area contributed by atoms with Gasteiger partial charge in [-0.15, -0.1) is 0 Å². The van der Waals surface area contributed by atoms with Gasteiger partial charge in [0.15, 0.2) is 0 Å². The van der Waals surface area contributed by atoms with Crippen molar-refractivity contribution >= 4 is 39.1 Å². The third-order valence-corrected chi connectivity index (χ3v) is 3.74. The van der Waals surface area contributed by atoms with E-state index in [9.17, 15) is 4.79 Å². The second-order valence-corrected chi connectivity index (χ2v) is 5.59. The number of aryl methyl sites for hydroxylation is 1. The second-order valence-electron chi connectivity index (χ2n) is 4.26. The van der Waals surface area contributed by atoms with Gasteiger partial charge >= 0.3 is 0 Å². The number of methoxy groups -OCH3 is 1. The van der Waals surface area contributed by atoms with Crippen molar-refractivity contribution in [2.24, 2.45) is 0 Å². The van der Waals surface area contributed by atoms with Gasteiger partial charge in [0.25, 0.3) is 5.91 Å². The highest BCUT2D eigenvalue weighted by Gasteiger charge is 2.11. The smallest absolute Gasteiger partial charge is 0.255 e. The summed E-state index contributed by atoms with van der Waals surface area (Å²) >= 11 is 9.40. The molecular formula is C15H13BrClNO2. The first kappa shape index (κ1) is 14.9. The van der Waals surface area contributed by atoms with Crippen LogP contribution in [0.5, 0.6) is 5.75 Å². The highest BCUT2D eigenvalue weighted by atomic mass is 79.9. The number of amides is 1. The summed E-state index contributed by atoms with van der Waals surface area (Å²) in [7, 11) is 1.56. The van der Waals surface area contributed by atoms with E-state index in [4.69, 9.17) is 16.3 Å². The molecule has 0 radical (unpaired) electrons. The Balaban J connectivity index is 2.27. The Kier molecular flexibility index (Phi) is 4.68. The molecule has 0 saturated carbocycles. The zero-order valence-corrected chi connectivity index (χ0v) is 13.4. The zero-order chi connectivity index (χ0) is 14.7. The van der Waals surface area contributed by atoms with E-state index in [0.29, 0.717) is 22.0 Å². The predicted molar refractivity (Wildman–Crippen MR) is 84.8 cm³/mol. The lowest BCUT2D eigenvalue weighted by atomic mass is 10.1. The van der Waals surface area contributed by atoms with Gasteiger partial charge in [-0.2, -0.15) is 0 Å². The summed E-state index contributed by atoms with van der Waals surface area (Å²) in [4.78, 5) is 12.2. The summed E-state index contributed by atoms with van der Waals surface area (Å²) in [5, 5.41) is 3.38. The Hall–Kier alpha value is -1.52. The number of nitrogens with one attached hydrogen (secondary N) is 1. The topological polar surface area (TPSA) is 38.3 Å². The Morgan fingerprint density at radius 2 is 2.00 bits per heavy atom. The lowest BCUT2D eigenvalue weighted by molar-refractivity contribution is 0.102. The summed E-state index contributed by atoms with van der Waals surface area (Å²) in [5.74, 6) is 0.364. The van der Waals surface area contributed by atoms with Crippen LogP contribution in [0.15, 0.2) is 40.9 Å². The Labute approximate surface area is 131 Å². The fourth-order valence-electron chi connectivity index (χ4n) is 1.71. The molecule has 5 heteroatoms. The molecule has 0 fully saturated rings. The van der Waals surface area contributed by atoms with Crippen LogP contribution in [0.2, 0.25) is 5.02 Å². The number of hydrogen-bond donors (Lipinski definition) is 1. The minimum Gasteiger partial charge on any atom is -0.495 e. The van der Waals surface area contributed by atoms with Gasteiger partial charge in [-0.1, -0.05) is 33.6 Å². The molecule has 0 aromatic heterocycles. The van der Waals surface area contributed by atoms with E-state index in [1.54, 1.807) is 31.4 Å². The summed E-state index contributed by atoms with van der Waals surface area (Å²) in [6.45, 7) is 1.89. The van der Waals surface area contributed by atoms with Gasteiger partial charge in [-0.3, -0.25) is 4.79 Å². The quantitative estimate of drug-likeness (QED) is 0.869. The predicted octanol–water partition coefficient (Wildman–Crippen LogP) is 4.67. The molecular weight excluding hydrogens is 342 g/mol. The number of ether oxygens (including phenoxy) is 1. The number of hydrogen-bond acceptors (Lipinski definition) is 2. The largest absolute Gasteiger partial charge is 0.495 e. The Morgan fingerprint density at radius 3 is 2.65 bits per heavy atom. The standard InChI is InChI=1S/C15H13BrClNO2/c1-9-3-4-10(7-12(9)17)15(19)18-13-8-11(16)5-6-14(13)20-2/h3-8H,1-2H3,(H,18,19). The van der Waals surface area contributed by atoms with Gasteiger partial charge in [0.05, 0.1) is 12.8 Å². The highest BCUT2D eigenvalue weighted by molar-refractivity contribution is 9.10. The summed E-state index contributed by atoms with van der Waals surface area (Å²) in [6.07, 6.45) is 0. The van der Waals surface area contributed by atoms with Gasteiger partial charge < -0.3 is 10.1 Å². The summed E-state index contributed by atoms with van der Waals surface area (Å²) in [6, 6.07) is 10.6. The Bertz CT molecular complexity index is 658. The molecule has 0 atom stereocenters. The molecule has 0 heterocycles. The maximum Gasteiger partial charge on any atom is 0.255 e. The number of anilines is 1. The number of carbonyl (C=O) groups excluding carboxylic acids is 1. The molecule has 0 aliphatic rings. The van der Waals surface area contributed by atoms with Crippen LogP contribution in [0.25, 0.3) is 0 Å². The average molecular weight is 355 g/mol.